The number of Topliss-reactive ketones (excluding diaryl/α,β-unsaturated/α-hetero) is 1. The Kier molecular flexibility index (Phi) is 5.95. The number of methoxy groups -OCH3 is 3. The van der Waals surface area contributed by atoms with Crippen LogP contribution in [-0.4, -0.2) is 38.0 Å². The maximum absolute atomic E-state index is 14.1. The van der Waals surface area contributed by atoms with E-state index in [0.717, 1.165) is 23.5 Å². The van der Waals surface area contributed by atoms with E-state index in [0.29, 0.717) is 33.4 Å². The monoisotopic (exact) mass is 524 g/mol. The lowest BCUT2D eigenvalue weighted by molar-refractivity contribution is 0.0969. The molecule has 1 aliphatic rings. The highest BCUT2D eigenvalue weighted by Crippen LogP contribution is 2.47. The van der Waals surface area contributed by atoms with Crippen molar-refractivity contribution in [3.05, 3.63) is 73.8 Å². The fraction of sp³-hybridized carbons (Fsp3) is 0.231. The van der Waals surface area contributed by atoms with E-state index in [1.54, 1.807) is 19.1 Å². The number of carbonyl (C=O) groups is 2. The van der Waals surface area contributed by atoms with Crippen LogP contribution >= 0.6 is 11.3 Å². The van der Waals surface area contributed by atoms with Gasteiger partial charge in [0.05, 0.1) is 48.9 Å². The normalized spacial score (nSPS) is 14.7. The van der Waals surface area contributed by atoms with Gasteiger partial charge in [-0.1, -0.05) is 11.3 Å². The number of halogens is 1. The predicted molar refractivity (Wildman–Crippen MR) is 134 cm³/mol. The Morgan fingerprint density at radius 1 is 1.08 bits per heavy atom. The summed E-state index contributed by atoms with van der Waals surface area (Å²) in [4.78, 5) is 45.8. The Balaban J connectivity index is 1.84. The molecule has 190 valence electrons. The minimum Gasteiger partial charge on any atom is -0.493 e. The van der Waals surface area contributed by atoms with Crippen LogP contribution in [0.1, 0.15) is 50.0 Å². The van der Waals surface area contributed by atoms with Crippen LogP contribution in [0.5, 0.6) is 17.2 Å². The standard InChI is InChI=1S/C26H21FN2O7S/c1-11-24(12(2)30)37-26(28-11)29-20(13-8-17(33-3)22(35-5)18(9-13)34-4)19-21(31)15-10-14(27)6-7-16(15)36-23(19)25(29)32/h6-10,20H,1-5H3. The van der Waals surface area contributed by atoms with Gasteiger partial charge >= 0.3 is 0 Å². The molecule has 1 amide bonds. The highest BCUT2D eigenvalue weighted by Gasteiger charge is 2.46. The van der Waals surface area contributed by atoms with Crippen molar-refractivity contribution in [2.75, 3.05) is 26.2 Å². The fourth-order valence-corrected chi connectivity index (χ4v) is 5.52. The summed E-state index contributed by atoms with van der Waals surface area (Å²) in [5.74, 6) is -0.721. The molecule has 9 nitrogen and oxygen atoms in total. The molecule has 37 heavy (non-hydrogen) atoms. The number of amides is 1. The second kappa shape index (κ2) is 9.00. The van der Waals surface area contributed by atoms with Crippen molar-refractivity contribution in [1.29, 1.82) is 0 Å². The maximum atomic E-state index is 14.1. The van der Waals surface area contributed by atoms with Gasteiger partial charge in [-0.25, -0.2) is 9.37 Å². The largest absolute Gasteiger partial charge is 0.493 e. The number of thiazole rings is 1. The first-order valence-electron chi connectivity index (χ1n) is 11.1. The van der Waals surface area contributed by atoms with Gasteiger partial charge in [0, 0.05) is 6.92 Å². The summed E-state index contributed by atoms with van der Waals surface area (Å²) in [6, 6.07) is 5.71. The van der Waals surface area contributed by atoms with Crippen LogP contribution in [0.3, 0.4) is 0 Å². The summed E-state index contributed by atoms with van der Waals surface area (Å²) in [5, 5.41) is 0.193. The highest BCUT2D eigenvalue weighted by molar-refractivity contribution is 7.17. The molecule has 0 spiro atoms. The summed E-state index contributed by atoms with van der Waals surface area (Å²) in [7, 11) is 4.35. The molecule has 1 unspecified atom stereocenters. The lowest BCUT2D eigenvalue weighted by Gasteiger charge is -2.24. The van der Waals surface area contributed by atoms with E-state index in [9.17, 15) is 18.8 Å². The first-order chi connectivity index (χ1) is 17.7. The van der Waals surface area contributed by atoms with Crippen molar-refractivity contribution < 1.29 is 32.6 Å². The summed E-state index contributed by atoms with van der Waals surface area (Å²) in [6.07, 6.45) is 0. The first kappa shape index (κ1) is 24.4. The molecule has 0 N–H and O–H groups in total. The molecular weight excluding hydrogens is 503 g/mol. The molecule has 2 aromatic carbocycles. The number of rotatable bonds is 6. The SMILES string of the molecule is COc1cc(C2c3c(oc4ccc(F)cc4c3=O)C(=O)N2c2nc(C)c(C(C)=O)s2)cc(OC)c1OC. The number of carbonyl (C=O) groups excluding carboxylic acids is 2. The molecular formula is C26H21FN2O7S. The molecule has 4 aromatic rings. The second-order valence-corrected chi connectivity index (χ2v) is 9.30. The van der Waals surface area contributed by atoms with Crippen molar-refractivity contribution in [2.45, 2.75) is 19.9 Å². The predicted octanol–water partition coefficient (Wildman–Crippen LogP) is 4.68. The Hall–Kier alpha value is -4.25. The smallest absolute Gasteiger partial charge is 0.297 e. The van der Waals surface area contributed by atoms with Crippen molar-refractivity contribution in [3.63, 3.8) is 0 Å². The van der Waals surface area contributed by atoms with Crippen molar-refractivity contribution in [2.24, 2.45) is 0 Å². The molecule has 0 radical (unpaired) electrons. The molecule has 0 aliphatic carbocycles. The van der Waals surface area contributed by atoms with Gasteiger partial charge in [0.2, 0.25) is 11.5 Å². The number of hydrogen-bond donors (Lipinski definition) is 0. The third kappa shape index (κ3) is 3.73. The van der Waals surface area contributed by atoms with Crippen molar-refractivity contribution in [3.8, 4) is 17.2 Å². The topological polar surface area (TPSA) is 108 Å². The van der Waals surface area contributed by atoms with Gasteiger partial charge in [-0.3, -0.25) is 19.3 Å². The number of fused-ring (bicyclic) bond motifs is 2. The maximum Gasteiger partial charge on any atom is 0.297 e. The van der Waals surface area contributed by atoms with Crippen LogP contribution in [0.25, 0.3) is 11.0 Å². The van der Waals surface area contributed by atoms with E-state index >= 15 is 0 Å². The van der Waals surface area contributed by atoms with Crippen LogP contribution in [0.4, 0.5) is 9.52 Å². The molecule has 0 saturated heterocycles. The van der Waals surface area contributed by atoms with Gasteiger partial charge in [0.15, 0.2) is 27.8 Å². The zero-order valence-electron chi connectivity index (χ0n) is 20.5. The van der Waals surface area contributed by atoms with Crippen LogP contribution in [-0.2, 0) is 0 Å². The molecule has 0 saturated carbocycles. The van der Waals surface area contributed by atoms with Gasteiger partial charge in [0.1, 0.15) is 11.4 Å². The number of aryl methyl sites for hydroxylation is 1. The first-order valence-corrected chi connectivity index (χ1v) is 11.9. The summed E-state index contributed by atoms with van der Waals surface area (Å²) in [5.41, 5.74) is 0.400. The molecule has 3 heterocycles. The zero-order chi connectivity index (χ0) is 26.6. The van der Waals surface area contributed by atoms with Crippen LogP contribution in [0.15, 0.2) is 39.5 Å². The lowest BCUT2D eigenvalue weighted by Crippen LogP contribution is -2.29. The van der Waals surface area contributed by atoms with Gasteiger partial charge in [0.25, 0.3) is 5.91 Å². The molecule has 0 bridgehead atoms. The van der Waals surface area contributed by atoms with Gasteiger partial charge < -0.3 is 18.6 Å². The van der Waals surface area contributed by atoms with Crippen LogP contribution < -0.4 is 24.5 Å². The third-order valence-electron chi connectivity index (χ3n) is 6.15. The Morgan fingerprint density at radius 2 is 1.76 bits per heavy atom. The quantitative estimate of drug-likeness (QED) is 0.335. The molecule has 1 atom stereocenters. The highest BCUT2D eigenvalue weighted by atomic mass is 32.1. The molecule has 5 rings (SSSR count). The average molecular weight is 525 g/mol. The number of nitrogens with zero attached hydrogens (tertiary/aromatic N) is 2. The van der Waals surface area contributed by atoms with E-state index in [-0.39, 0.29) is 33.2 Å². The molecule has 11 heteroatoms. The lowest BCUT2D eigenvalue weighted by atomic mass is 9.98. The number of hydrogen-bond acceptors (Lipinski definition) is 9. The van der Waals surface area contributed by atoms with Crippen molar-refractivity contribution in [1.82, 2.24) is 4.98 Å². The number of ether oxygens (including phenoxy) is 3. The minimum absolute atomic E-state index is 0.00872. The summed E-state index contributed by atoms with van der Waals surface area (Å²) < 4.78 is 36.3. The van der Waals surface area contributed by atoms with Gasteiger partial charge in [-0.15, -0.1) is 0 Å². The van der Waals surface area contributed by atoms with E-state index in [1.807, 2.05) is 0 Å². The van der Waals surface area contributed by atoms with E-state index in [2.05, 4.69) is 4.98 Å². The Bertz CT molecular complexity index is 1630. The van der Waals surface area contributed by atoms with E-state index in [1.165, 1.54) is 39.2 Å². The van der Waals surface area contributed by atoms with Crippen LogP contribution in [0, 0.1) is 12.7 Å². The average Bonchev–Trinajstić information content (AvgIpc) is 3.41. The van der Waals surface area contributed by atoms with E-state index < -0.39 is 23.2 Å². The minimum atomic E-state index is -1.04. The number of aromatic nitrogens is 1. The van der Waals surface area contributed by atoms with Gasteiger partial charge in [-0.2, -0.15) is 0 Å². The number of benzene rings is 2. The number of ketones is 1. The molecule has 2 aromatic heterocycles. The van der Waals surface area contributed by atoms with Crippen LogP contribution in [0.2, 0.25) is 0 Å². The zero-order valence-corrected chi connectivity index (χ0v) is 21.3. The van der Waals surface area contributed by atoms with Gasteiger partial charge in [-0.05, 0) is 42.8 Å². The third-order valence-corrected chi connectivity index (χ3v) is 7.40. The van der Waals surface area contributed by atoms with Crippen molar-refractivity contribution >= 4 is 39.1 Å². The Labute approximate surface area is 214 Å². The molecule has 1 aliphatic heterocycles. The summed E-state index contributed by atoms with van der Waals surface area (Å²) >= 11 is 1.03. The summed E-state index contributed by atoms with van der Waals surface area (Å²) in [6.45, 7) is 3.08. The Morgan fingerprint density at radius 3 is 2.32 bits per heavy atom. The molecule has 0 fully saturated rings. The fourth-order valence-electron chi connectivity index (χ4n) is 4.53. The van der Waals surface area contributed by atoms with E-state index in [4.69, 9.17) is 18.6 Å². The number of anilines is 1. The second-order valence-electron chi connectivity index (χ2n) is 8.32.